The van der Waals surface area contributed by atoms with E-state index >= 15 is 0 Å². The Balaban J connectivity index is 0.00000484. The summed E-state index contributed by atoms with van der Waals surface area (Å²) in [4.78, 5) is 27.5. The van der Waals surface area contributed by atoms with Crippen LogP contribution in [0.5, 0.6) is 5.75 Å². The molecule has 4 aromatic carbocycles. The molecular weight excluding hydrogens is 539 g/mol. The van der Waals surface area contributed by atoms with Gasteiger partial charge in [-0.25, -0.2) is 0 Å². The van der Waals surface area contributed by atoms with Gasteiger partial charge in [-0.3, -0.25) is 4.79 Å². The third-order valence-electron chi connectivity index (χ3n) is 6.99. The fraction of sp³-hybridized carbons (Fsp3) is 0.235. The normalized spacial score (nSPS) is 11.2. The van der Waals surface area contributed by atoms with Gasteiger partial charge in [-0.15, -0.1) is 0 Å². The van der Waals surface area contributed by atoms with Gasteiger partial charge in [0.1, 0.15) is 5.75 Å². The monoisotopic (exact) mass is 574 g/mol. The Labute approximate surface area is 264 Å². The molecule has 0 aromatic heterocycles. The molecule has 0 radical (unpaired) electrons. The molecule has 0 aliphatic rings. The van der Waals surface area contributed by atoms with Crippen molar-refractivity contribution < 1.29 is 38.3 Å². The fourth-order valence-corrected chi connectivity index (χ4v) is 5.23. The molecule has 212 valence electrons. The van der Waals surface area contributed by atoms with Crippen molar-refractivity contribution in [2.24, 2.45) is 0 Å². The molecule has 4 aromatic rings. The SMILES string of the molecule is COc1ccc(CN(Cc2ccc(C(=O)NC(CCSC)C(=O)[O-])c(-c3ccccc3C)c2)c2ccccc2)cc1.[Li+]. The average Bonchev–Trinajstić information content (AvgIpc) is 2.99. The molecule has 0 bridgehead atoms. The van der Waals surface area contributed by atoms with E-state index in [1.165, 1.54) is 11.8 Å². The number of hydrogen-bond donors (Lipinski definition) is 1. The van der Waals surface area contributed by atoms with Crippen molar-refractivity contribution in [2.75, 3.05) is 24.0 Å². The summed E-state index contributed by atoms with van der Waals surface area (Å²) in [6, 6.07) is 30.9. The van der Waals surface area contributed by atoms with Gasteiger partial charge >= 0.3 is 18.9 Å². The number of methoxy groups -OCH3 is 1. The standard InChI is InChI=1S/C34H36N2O4S.Li/c1-24-9-7-8-12-29(24)31-21-26(15-18-30(31)33(37)35-32(34(38)39)19-20-41-3)23-36(27-10-5-4-6-11-27)22-25-13-16-28(40-2)17-14-25;/h4-18,21,32H,19-20,22-23H2,1-3H3,(H,35,37)(H,38,39);/q;+1/p-1. The molecule has 1 N–H and O–H groups in total. The number of carbonyl (C=O) groups is 2. The van der Waals surface area contributed by atoms with Crippen LogP contribution in [-0.4, -0.2) is 37.0 Å². The zero-order valence-electron chi connectivity index (χ0n) is 24.6. The topological polar surface area (TPSA) is 81.7 Å². The Morgan fingerprint density at radius 2 is 1.52 bits per heavy atom. The Hall–Kier alpha value is -3.63. The molecule has 0 spiro atoms. The molecule has 1 atom stereocenters. The first kappa shape index (κ1) is 32.9. The van der Waals surface area contributed by atoms with Gasteiger partial charge in [0.2, 0.25) is 0 Å². The molecular formula is C34H35LiN2O4S. The van der Waals surface area contributed by atoms with E-state index in [2.05, 4.69) is 34.5 Å². The second-order valence-corrected chi connectivity index (χ2v) is 10.8. The van der Waals surface area contributed by atoms with Gasteiger partial charge in [-0.05, 0) is 89.6 Å². The first-order valence-corrected chi connectivity index (χ1v) is 14.9. The van der Waals surface area contributed by atoms with Crippen LogP contribution in [0.4, 0.5) is 5.69 Å². The largest absolute Gasteiger partial charge is 1.00 e. The Bertz CT molecular complexity index is 1460. The van der Waals surface area contributed by atoms with E-state index in [1.807, 2.05) is 79.9 Å². The smallest absolute Gasteiger partial charge is 0.548 e. The summed E-state index contributed by atoms with van der Waals surface area (Å²) in [6.07, 6.45) is 2.20. The molecule has 42 heavy (non-hydrogen) atoms. The Morgan fingerprint density at radius 1 is 0.881 bits per heavy atom. The van der Waals surface area contributed by atoms with Crippen molar-refractivity contribution in [3.8, 4) is 16.9 Å². The van der Waals surface area contributed by atoms with Crippen molar-refractivity contribution in [3.05, 3.63) is 119 Å². The van der Waals surface area contributed by atoms with Crippen LogP contribution in [0.15, 0.2) is 97.1 Å². The predicted octanol–water partition coefficient (Wildman–Crippen LogP) is 2.48. The minimum absolute atomic E-state index is 0. The average molecular weight is 575 g/mol. The zero-order chi connectivity index (χ0) is 29.2. The first-order chi connectivity index (χ1) is 19.9. The summed E-state index contributed by atoms with van der Waals surface area (Å²) in [5.41, 5.74) is 6.38. The number of ether oxygens (including phenoxy) is 1. The van der Waals surface area contributed by atoms with Gasteiger partial charge in [0.25, 0.3) is 5.91 Å². The van der Waals surface area contributed by atoms with Crippen LogP contribution in [0.1, 0.15) is 33.5 Å². The second-order valence-electron chi connectivity index (χ2n) is 9.86. The first-order valence-electron chi connectivity index (χ1n) is 13.5. The number of thioether (sulfide) groups is 1. The number of aryl methyl sites for hydroxylation is 1. The molecule has 0 heterocycles. The summed E-state index contributed by atoms with van der Waals surface area (Å²) in [5, 5.41) is 14.4. The van der Waals surface area contributed by atoms with E-state index in [4.69, 9.17) is 4.74 Å². The van der Waals surface area contributed by atoms with E-state index in [0.29, 0.717) is 30.8 Å². The summed E-state index contributed by atoms with van der Waals surface area (Å²) >= 11 is 1.53. The molecule has 0 saturated heterocycles. The number of carboxylic acid groups (broad SMARTS) is 1. The number of carboxylic acids is 1. The predicted molar refractivity (Wildman–Crippen MR) is 165 cm³/mol. The summed E-state index contributed by atoms with van der Waals surface area (Å²) in [5.74, 6) is -0.292. The number of para-hydroxylation sites is 1. The van der Waals surface area contributed by atoms with E-state index in [-0.39, 0.29) is 18.9 Å². The van der Waals surface area contributed by atoms with E-state index in [1.54, 1.807) is 13.2 Å². The maximum absolute atomic E-state index is 13.4. The van der Waals surface area contributed by atoms with Gasteiger partial charge in [-0.1, -0.05) is 60.7 Å². The molecule has 6 nitrogen and oxygen atoms in total. The van der Waals surface area contributed by atoms with Gasteiger partial charge in [0.05, 0.1) is 19.1 Å². The zero-order valence-corrected chi connectivity index (χ0v) is 25.4. The molecule has 0 saturated carbocycles. The number of nitrogens with zero attached hydrogens (tertiary/aromatic N) is 1. The Morgan fingerprint density at radius 3 is 2.17 bits per heavy atom. The molecule has 4 rings (SSSR count). The van der Waals surface area contributed by atoms with E-state index in [9.17, 15) is 14.7 Å². The van der Waals surface area contributed by atoms with Crippen LogP contribution in [0.2, 0.25) is 0 Å². The van der Waals surface area contributed by atoms with Crippen molar-refractivity contribution in [2.45, 2.75) is 32.5 Å². The molecule has 1 amide bonds. The molecule has 0 fully saturated rings. The van der Waals surface area contributed by atoms with Crippen molar-refractivity contribution in [1.82, 2.24) is 5.32 Å². The minimum Gasteiger partial charge on any atom is -0.548 e. The second kappa shape index (κ2) is 16.1. The number of amides is 1. The third-order valence-corrected chi connectivity index (χ3v) is 7.64. The van der Waals surface area contributed by atoms with Gasteiger partial charge in [-0.2, -0.15) is 11.8 Å². The number of hydrogen-bond acceptors (Lipinski definition) is 6. The Kier molecular flexibility index (Phi) is 12.6. The van der Waals surface area contributed by atoms with Crippen LogP contribution in [0.25, 0.3) is 11.1 Å². The number of rotatable bonds is 13. The molecule has 0 aliphatic heterocycles. The van der Waals surface area contributed by atoms with Crippen LogP contribution in [0.3, 0.4) is 0 Å². The molecule has 0 aliphatic carbocycles. The van der Waals surface area contributed by atoms with Gasteiger partial charge in [0, 0.05) is 24.3 Å². The van der Waals surface area contributed by atoms with Gasteiger partial charge in [0.15, 0.2) is 0 Å². The third kappa shape index (κ3) is 8.69. The summed E-state index contributed by atoms with van der Waals surface area (Å²) < 4.78 is 5.32. The van der Waals surface area contributed by atoms with E-state index in [0.717, 1.165) is 39.3 Å². The summed E-state index contributed by atoms with van der Waals surface area (Å²) in [7, 11) is 1.66. The number of carbonyl (C=O) groups excluding carboxylic acids is 2. The number of aliphatic carboxylic acids is 1. The maximum atomic E-state index is 13.4. The van der Waals surface area contributed by atoms with Gasteiger partial charge < -0.3 is 24.9 Å². The minimum atomic E-state index is -1.28. The quantitative estimate of drug-likeness (QED) is 0.247. The summed E-state index contributed by atoms with van der Waals surface area (Å²) in [6.45, 7) is 3.29. The maximum Gasteiger partial charge on any atom is 1.00 e. The van der Waals surface area contributed by atoms with Crippen molar-refractivity contribution in [1.29, 1.82) is 0 Å². The number of anilines is 1. The van der Waals surface area contributed by atoms with Crippen LogP contribution >= 0.6 is 11.8 Å². The fourth-order valence-electron chi connectivity index (χ4n) is 4.76. The van der Waals surface area contributed by atoms with E-state index < -0.39 is 17.9 Å². The number of nitrogens with one attached hydrogen (secondary N) is 1. The van der Waals surface area contributed by atoms with Crippen LogP contribution < -0.4 is 38.9 Å². The molecule has 8 heteroatoms. The van der Waals surface area contributed by atoms with Crippen molar-refractivity contribution >= 4 is 29.3 Å². The van der Waals surface area contributed by atoms with Crippen molar-refractivity contribution in [3.63, 3.8) is 0 Å². The van der Waals surface area contributed by atoms with Crippen LogP contribution in [-0.2, 0) is 17.9 Å². The number of benzene rings is 4. The van der Waals surface area contributed by atoms with Crippen LogP contribution in [0, 0.1) is 6.92 Å². The molecule has 1 unspecified atom stereocenters.